The van der Waals surface area contributed by atoms with Crippen LogP contribution in [-0.4, -0.2) is 31.8 Å². The van der Waals surface area contributed by atoms with Gasteiger partial charge >= 0.3 is 0 Å². The molecular weight excluding hydrogens is 306 g/mol. The highest BCUT2D eigenvalue weighted by atomic mass is 16.2. The van der Waals surface area contributed by atoms with Gasteiger partial charge in [-0.25, -0.2) is 9.67 Å². The summed E-state index contributed by atoms with van der Waals surface area (Å²) in [6.07, 6.45) is 4.03. The molecular formula is C17H21N5O2. The van der Waals surface area contributed by atoms with Crippen LogP contribution in [0, 0.1) is 13.8 Å². The van der Waals surface area contributed by atoms with Crippen LogP contribution in [0.5, 0.6) is 0 Å². The first-order valence-corrected chi connectivity index (χ1v) is 8.05. The molecule has 3 rings (SSSR count). The molecule has 1 aliphatic carbocycles. The molecule has 1 amide bonds. The number of carbonyl (C=O) groups excluding carboxylic acids is 1. The van der Waals surface area contributed by atoms with Crippen LogP contribution in [0.15, 0.2) is 23.5 Å². The predicted octanol–water partition coefficient (Wildman–Crippen LogP) is 0.837. The van der Waals surface area contributed by atoms with Gasteiger partial charge in [-0.3, -0.25) is 14.2 Å². The van der Waals surface area contributed by atoms with Crippen molar-refractivity contribution in [1.82, 2.24) is 24.6 Å². The van der Waals surface area contributed by atoms with Gasteiger partial charge < -0.3 is 5.32 Å². The third-order valence-electron chi connectivity index (χ3n) is 4.11. The third-order valence-corrected chi connectivity index (χ3v) is 4.11. The molecule has 0 aromatic carbocycles. The number of hydrogen-bond donors (Lipinski definition) is 1. The van der Waals surface area contributed by atoms with E-state index in [0.29, 0.717) is 18.9 Å². The van der Waals surface area contributed by atoms with Gasteiger partial charge in [0, 0.05) is 17.8 Å². The molecule has 0 fully saturated rings. The lowest BCUT2D eigenvalue weighted by molar-refractivity contribution is -0.121. The lowest BCUT2D eigenvalue weighted by atomic mass is 10.2. The van der Waals surface area contributed by atoms with E-state index in [0.717, 1.165) is 35.5 Å². The minimum atomic E-state index is -0.250. The van der Waals surface area contributed by atoms with E-state index in [2.05, 4.69) is 22.0 Å². The molecule has 1 N–H and O–H groups in total. The summed E-state index contributed by atoms with van der Waals surface area (Å²) in [5.74, 6) is 0.152. The van der Waals surface area contributed by atoms with E-state index < -0.39 is 0 Å². The van der Waals surface area contributed by atoms with Gasteiger partial charge in [-0.2, -0.15) is 5.10 Å². The van der Waals surface area contributed by atoms with Crippen molar-refractivity contribution in [3.8, 4) is 5.95 Å². The molecule has 0 saturated heterocycles. The second kappa shape index (κ2) is 6.43. The average molecular weight is 327 g/mol. The zero-order chi connectivity index (χ0) is 17.3. The highest BCUT2D eigenvalue weighted by Gasteiger charge is 2.23. The predicted molar refractivity (Wildman–Crippen MR) is 90.3 cm³/mol. The van der Waals surface area contributed by atoms with Crippen molar-refractivity contribution >= 4 is 5.91 Å². The van der Waals surface area contributed by atoms with Gasteiger partial charge in [-0.15, -0.1) is 6.58 Å². The van der Waals surface area contributed by atoms with E-state index >= 15 is 0 Å². The fraction of sp³-hybridized carbons (Fsp3) is 0.412. The normalized spacial score (nSPS) is 12.9. The molecule has 126 valence electrons. The second-order valence-corrected chi connectivity index (χ2v) is 6.01. The topological polar surface area (TPSA) is 81.8 Å². The molecule has 2 aromatic rings. The summed E-state index contributed by atoms with van der Waals surface area (Å²) >= 11 is 0. The number of nitrogens with zero attached hydrogens (tertiary/aromatic N) is 4. The zero-order valence-electron chi connectivity index (χ0n) is 14.0. The van der Waals surface area contributed by atoms with Crippen LogP contribution >= 0.6 is 0 Å². The smallest absolute Gasteiger partial charge is 0.258 e. The monoisotopic (exact) mass is 327 g/mol. The van der Waals surface area contributed by atoms with Crippen LogP contribution in [0.3, 0.4) is 0 Å². The number of nitrogens with one attached hydrogen (secondary N) is 1. The van der Waals surface area contributed by atoms with Crippen molar-refractivity contribution in [2.45, 2.75) is 39.7 Å². The molecule has 7 heteroatoms. The Morgan fingerprint density at radius 2 is 2.21 bits per heavy atom. The number of aromatic nitrogens is 4. The number of carbonyl (C=O) groups is 1. The maximum atomic E-state index is 12.9. The quantitative estimate of drug-likeness (QED) is 0.825. The molecule has 0 spiro atoms. The van der Waals surface area contributed by atoms with E-state index in [1.54, 1.807) is 10.8 Å². The van der Waals surface area contributed by atoms with E-state index in [4.69, 9.17) is 0 Å². The summed E-state index contributed by atoms with van der Waals surface area (Å²) in [5, 5.41) is 7.12. The standard InChI is InChI=1S/C17H21N5O2/c1-4-8-18-15(23)10-21-16(24)13-6-5-7-14(13)19-17(21)22-12(3)9-11(2)20-22/h4,9H,1,5-8,10H2,2-3H3,(H,18,23). The minimum Gasteiger partial charge on any atom is -0.351 e. The Morgan fingerprint density at radius 1 is 1.42 bits per heavy atom. The Bertz CT molecular complexity index is 863. The molecule has 0 radical (unpaired) electrons. The zero-order valence-corrected chi connectivity index (χ0v) is 14.0. The molecule has 0 saturated carbocycles. The SMILES string of the molecule is C=CCNC(=O)Cn1c(-n2nc(C)cc2C)nc2c(c1=O)CCC2. The average Bonchev–Trinajstić information content (AvgIpc) is 3.14. The number of rotatable bonds is 5. The lowest BCUT2D eigenvalue weighted by Crippen LogP contribution is -2.36. The molecule has 2 aromatic heterocycles. The molecule has 7 nitrogen and oxygen atoms in total. The van der Waals surface area contributed by atoms with Gasteiger partial charge in [-0.1, -0.05) is 6.08 Å². The molecule has 2 heterocycles. The van der Waals surface area contributed by atoms with Crippen LogP contribution in [0.4, 0.5) is 0 Å². The van der Waals surface area contributed by atoms with Crippen molar-refractivity contribution in [2.75, 3.05) is 6.54 Å². The van der Waals surface area contributed by atoms with Gasteiger partial charge in [-0.05, 0) is 39.2 Å². The fourth-order valence-electron chi connectivity index (χ4n) is 3.04. The van der Waals surface area contributed by atoms with Crippen LogP contribution in [0.25, 0.3) is 5.95 Å². The lowest BCUT2D eigenvalue weighted by Gasteiger charge is -2.15. The Morgan fingerprint density at radius 3 is 2.88 bits per heavy atom. The first-order chi connectivity index (χ1) is 11.5. The first-order valence-electron chi connectivity index (χ1n) is 8.05. The number of amides is 1. The molecule has 24 heavy (non-hydrogen) atoms. The summed E-state index contributed by atoms with van der Waals surface area (Å²) in [5.41, 5.74) is 3.11. The highest BCUT2D eigenvalue weighted by molar-refractivity contribution is 5.76. The van der Waals surface area contributed by atoms with Gasteiger partial charge in [0.15, 0.2) is 0 Å². The summed E-state index contributed by atoms with van der Waals surface area (Å²) in [7, 11) is 0. The maximum Gasteiger partial charge on any atom is 0.258 e. The van der Waals surface area contributed by atoms with E-state index in [1.165, 1.54) is 4.57 Å². The Hall–Kier alpha value is -2.70. The summed E-state index contributed by atoms with van der Waals surface area (Å²) in [4.78, 5) is 29.6. The Kier molecular flexibility index (Phi) is 4.33. The largest absolute Gasteiger partial charge is 0.351 e. The number of fused-ring (bicyclic) bond motifs is 1. The first kappa shape index (κ1) is 16.2. The van der Waals surface area contributed by atoms with Crippen molar-refractivity contribution < 1.29 is 4.79 Å². The van der Waals surface area contributed by atoms with Gasteiger partial charge in [0.1, 0.15) is 6.54 Å². The Labute approximate surface area is 140 Å². The minimum absolute atomic E-state index is 0.0827. The Balaban J connectivity index is 2.11. The summed E-state index contributed by atoms with van der Waals surface area (Å²) in [6.45, 7) is 7.64. The van der Waals surface area contributed by atoms with Crippen molar-refractivity contribution in [2.24, 2.45) is 0 Å². The van der Waals surface area contributed by atoms with E-state index in [9.17, 15) is 9.59 Å². The maximum absolute atomic E-state index is 12.9. The second-order valence-electron chi connectivity index (χ2n) is 6.01. The summed E-state index contributed by atoms with van der Waals surface area (Å²) < 4.78 is 3.05. The van der Waals surface area contributed by atoms with Crippen LogP contribution in [0.2, 0.25) is 0 Å². The summed E-state index contributed by atoms with van der Waals surface area (Å²) in [6, 6.07) is 1.92. The molecule has 0 aliphatic heterocycles. The van der Waals surface area contributed by atoms with Gasteiger partial charge in [0.05, 0.1) is 11.4 Å². The van der Waals surface area contributed by atoms with E-state index in [1.807, 2.05) is 19.9 Å². The molecule has 1 aliphatic rings. The van der Waals surface area contributed by atoms with Crippen LogP contribution in [0.1, 0.15) is 29.1 Å². The molecule has 0 atom stereocenters. The highest BCUT2D eigenvalue weighted by Crippen LogP contribution is 2.19. The van der Waals surface area contributed by atoms with Crippen LogP contribution in [-0.2, 0) is 24.2 Å². The number of aryl methyl sites for hydroxylation is 3. The van der Waals surface area contributed by atoms with Crippen molar-refractivity contribution in [3.63, 3.8) is 0 Å². The van der Waals surface area contributed by atoms with E-state index in [-0.39, 0.29) is 18.0 Å². The molecule has 0 bridgehead atoms. The fourth-order valence-corrected chi connectivity index (χ4v) is 3.04. The number of hydrogen-bond acceptors (Lipinski definition) is 4. The third kappa shape index (κ3) is 2.89. The van der Waals surface area contributed by atoms with Crippen molar-refractivity contribution in [3.05, 3.63) is 51.7 Å². The molecule has 0 unspecified atom stereocenters. The van der Waals surface area contributed by atoms with Crippen LogP contribution < -0.4 is 10.9 Å². The van der Waals surface area contributed by atoms with Gasteiger partial charge in [0.2, 0.25) is 11.9 Å². The van der Waals surface area contributed by atoms with Crippen molar-refractivity contribution in [1.29, 1.82) is 0 Å². The van der Waals surface area contributed by atoms with Gasteiger partial charge in [0.25, 0.3) is 5.56 Å².